The molecule has 0 unspecified atom stereocenters. The number of carbonyl (C=O) groups excluding carboxylic acids is 1. The Morgan fingerprint density at radius 1 is 1.09 bits per heavy atom. The molecule has 0 fully saturated rings. The molecule has 2 rings (SSSR count). The molecule has 122 valence electrons. The zero-order chi connectivity index (χ0) is 17.0. The van der Waals surface area contributed by atoms with E-state index in [9.17, 15) is 13.2 Å². The number of aryl methyl sites for hydroxylation is 1. The van der Waals surface area contributed by atoms with E-state index in [0.717, 1.165) is 5.56 Å². The molecule has 2 N–H and O–H groups in total. The topological polar surface area (TPSA) is 84.5 Å². The molecule has 0 spiro atoms. The number of methoxy groups -OCH3 is 1. The summed E-state index contributed by atoms with van der Waals surface area (Å²) < 4.78 is 32.6. The van der Waals surface area contributed by atoms with Crippen molar-refractivity contribution in [1.29, 1.82) is 0 Å². The predicted molar refractivity (Wildman–Crippen MR) is 89.3 cm³/mol. The second-order valence-corrected chi connectivity index (χ2v) is 6.70. The molecule has 0 bridgehead atoms. The zero-order valence-corrected chi connectivity index (χ0v) is 13.9. The van der Waals surface area contributed by atoms with Gasteiger partial charge in [-0.05, 0) is 48.9 Å². The third-order valence-electron chi connectivity index (χ3n) is 3.09. The van der Waals surface area contributed by atoms with Crippen LogP contribution in [0.4, 0.5) is 11.4 Å². The second-order valence-electron chi connectivity index (χ2n) is 5.01. The monoisotopic (exact) mass is 334 g/mol. The van der Waals surface area contributed by atoms with Crippen LogP contribution in [0.3, 0.4) is 0 Å². The van der Waals surface area contributed by atoms with Crippen molar-refractivity contribution >= 4 is 27.3 Å². The Bertz CT molecular complexity index is 814. The number of hydrogen-bond donors (Lipinski definition) is 2. The van der Waals surface area contributed by atoms with Crippen LogP contribution in [0.1, 0.15) is 12.5 Å². The van der Waals surface area contributed by atoms with Crippen LogP contribution in [0, 0.1) is 6.92 Å². The summed E-state index contributed by atoms with van der Waals surface area (Å²) in [6.45, 7) is 3.28. The number of anilines is 2. The molecule has 0 atom stereocenters. The molecule has 0 aliphatic heterocycles. The summed E-state index contributed by atoms with van der Waals surface area (Å²) >= 11 is 0. The maximum Gasteiger partial charge on any atom is 0.262 e. The standard InChI is InChI=1S/C16H18N2O4S/c1-11-4-9-15(16(10-11)22-3)18-23(20,21)14-7-5-13(6-8-14)17-12(2)19/h4-10,18H,1-3H3,(H,17,19). The number of benzene rings is 2. The molecular formula is C16H18N2O4S. The van der Waals surface area contributed by atoms with Crippen molar-refractivity contribution in [3.05, 3.63) is 48.0 Å². The van der Waals surface area contributed by atoms with E-state index in [0.29, 0.717) is 17.1 Å². The first kappa shape index (κ1) is 16.8. The number of carbonyl (C=O) groups is 1. The first-order valence-corrected chi connectivity index (χ1v) is 8.35. The SMILES string of the molecule is COc1cc(C)ccc1NS(=O)(=O)c1ccc(NC(C)=O)cc1. The van der Waals surface area contributed by atoms with Crippen LogP contribution in [0.5, 0.6) is 5.75 Å². The molecule has 0 aliphatic carbocycles. The number of hydrogen-bond acceptors (Lipinski definition) is 4. The highest BCUT2D eigenvalue weighted by Crippen LogP contribution is 2.28. The van der Waals surface area contributed by atoms with Gasteiger partial charge in [0.15, 0.2) is 0 Å². The quantitative estimate of drug-likeness (QED) is 0.880. The fourth-order valence-corrected chi connectivity index (χ4v) is 3.08. The Balaban J connectivity index is 2.27. The van der Waals surface area contributed by atoms with Crippen LogP contribution >= 0.6 is 0 Å². The van der Waals surface area contributed by atoms with Crippen LogP contribution in [0.2, 0.25) is 0 Å². The van der Waals surface area contributed by atoms with E-state index in [4.69, 9.17) is 4.74 Å². The maximum absolute atomic E-state index is 12.4. The summed E-state index contributed by atoms with van der Waals surface area (Å²) in [5, 5.41) is 2.58. The van der Waals surface area contributed by atoms with Crippen molar-refractivity contribution in [2.75, 3.05) is 17.1 Å². The minimum Gasteiger partial charge on any atom is -0.495 e. The van der Waals surface area contributed by atoms with Crippen molar-refractivity contribution in [3.63, 3.8) is 0 Å². The highest BCUT2D eigenvalue weighted by molar-refractivity contribution is 7.92. The third kappa shape index (κ3) is 4.23. The predicted octanol–water partition coefficient (Wildman–Crippen LogP) is 2.76. The molecule has 0 aromatic heterocycles. The molecule has 0 heterocycles. The van der Waals surface area contributed by atoms with Crippen LogP contribution in [0.15, 0.2) is 47.4 Å². The van der Waals surface area contributed by atoms with Gasteiger partial charge in [0.1, 0.15) is 5.75 Å². The van der Waals surface area contributed by atoms with Crippen LogP contribution in [0.25, 0.3) is 0 Å². The Hall–Kier alpha value is -2.54. The van der Waals surface area contributed by atoms with Gasteiger partial charge in [-0.3, -0.25) is 9.52 Å². The first-order chi connectivity index (χ1) is 10.8. The molecule has 1 amide bonds. The van der Waals surface area contributed by atoms with Crippen molar-refractivity contribution < 1.29 is 17.9 Å². The van der Waals surface area contributed by atoms with Gasteiger partial charge in [-0.2, -0.15) is 0 Å². The summed E-state index contributed by atoms with van der Waals surface area (Å²) in [6.07, 6.45) is 0. The molecular weight excluding hydrogens is 316 g/mol. The molecule has 0 aliphatic rings. The average Bonchev–Trinajstić information content (AvgIpc) is 2.49. The molecule has 2 aromatic carbocycles. The van der Waals surface area contributed by atoms with Crippen LogP contribution in [-0.4, -0.2) is 21.4 Å². The number of amides is 1. The number of sulfonamides is 1. The minimum absolute atomic E-state index is 0.0919. The summed E-state index contributed by atoms with van der Waals surface area (Å²) in [5.74, 6) is 0.228. The molecule has 0 saturated heterocycles. The second kappa shape index (κ2) is 6.70. The van der Waals surface area contributed by atoms with Gasteiger partial charge in [-0.1, -0.05) is 6.07 Å². The summed E-state index contributed by atoms with van der Waals surface area (Å²) in [4.78, 5) is 11.1. The van der Waals surface area contributed by atoms with Gasteiger partial charge in [-0.15, -0.1) is 0 Å². The molecule has 23 heavy (non-hydrogen) atoms. The lowest BCUT2D eigenvalue weighted by molar-refractivity contribution is -0.114. The van der Waals surface area contributed by atoms with Crippen LogP contribution < -0.4 is 14.8 Å². The number of nitrogens with one attached hydrogen (secondary N) is 2. The van der Waals surface area contributed by atoms with E-state index in [1.807, 2.05) is 6.92 Å². The fourth-order valence-electron chi connectivity index (χ4n) is 2.01. The third-order valence-corrected chi connectivity index (χ3v) is 4.47. The van der Waals surface area contributed by atoms with Gasteiger partial charge < -0.3 is 10.1 Å². The lowest BCUT2D eigenvalue weighted by Crippen LogP contribution is -2.14. The zero-order valence-electron chi connectivity index (χ0n) is 13.1. The van der Waals surface area contributed by atoms with Gasteiger partial charge in [0.05, 0.1) is 17.7 Å². The van der Waals surface area contributed by atoms with E-state index < -0.39 is 10.0 Å². The molecule has 7 heteroatoms. The van der Waals surface area contributed by atoms with Gasteiger partial charge in [0.25, 0.3) is 10.0 Å². The van der Waals surface area contributed by atoms with E-state index >= 15 is 0 Å². The summed E-state index contributed by atoms with van der Waals surface area (Å²) in [5.41, 5.74) is 1.86. The normalized spacial score (nSPS) is 10.9. The fraction of sp³-hybridized carbons (Fsp3) is 0.188. The Kier molecular flexibility index (Phi) is 4.90. The molecule has 6 nitrogen and oxygen atoms in total. The van der Waals surface area contributed by atoms with Crippen LogP contribution in [-0.2, 0) is 14.8 Å². The summed E-state index contributed by atoms with van der Waals surface area (Å²) in [6, 6.07) is 11.1. The maximum atomic E-state index is 12.4. The lowest BCUT2D eigenvalue weighted by Gasteiger charge is -2.13. The van der Waals surface area contributed by atoms with Gasteiger partial charge in [-0.25, -0.2) is 8.42 Å². The Morgan fingerprint density at radius 3 is 2.30 bits per heavy atom. The highest BCUT2D eigenvalue weighted by Gasteiger charge is 2.16. The number of ether oxygens (including phenoxy) is 1. The highest BCUT2D eigenvalue weighted by atomic mass is 32.2. The largest absolute Gasteiger partial charge is 0.495 e. The van der Waals surface area contributed by atoms with E-state index in [-0.39, 0.29) is 10.8 Å². The molecule has 0 radical (unpaired) electrons. The average molecular weight is 334 g/mol. The van der Waals surface area contributed by atoms with Gasteiger partial charge in [0.2, 0.25) is 5.91 Å². The van der Waals surface area contributed by atoms with Crippen molar-refractivity contribution in [2.45, 2.75) is 18.7 Å². The van der Waals surface area contributed by atoms with Crippen molar-refractivity contribution in [1.82, 2.24) is 0 Å². The Labute approximate surface area is 135 Å². The van der Waals surface area contributed by atoms with E-state index in [2.05, 4.69) is 10.0 Å². The molecule has 2 aromatic rings. The van der Waals surface area contributed by atoms with Crippen molar-refractivity contribution in [3.8, 4) is 5.75 Å². The summed E-state index contributed by atoms with van der Waals surface area (Å²) in [7, 11) is -2.27. The van der Waals surface area contributed by atoms with Crippen molar-refractivity contribution in [2.24, 2.45) is 0 Å². The van der Waals surface area contributed by atoms with Gasteiger partial charge in [0, 0.05) is 12.6 Å². The minimum atomic E-state index is -3.75. The smallest absolute Gasteiger partial charge is 0.262 e. The first-order valence-electron chi connectivity index (χ1n) is 6.87. The number of rotatable bonds is 5. The van der Waals surface area contributed by atoms with Gasteiger partial charge >= 0.3 is 0 Å². The van der Waals surface area contributed by atoms with E-state index in [1.165, 1.54) is 38.3 Å². The lowest BCUT2D eigenvalue weighted by atomic mass is 10.2. The molecule has 0 saturated carbocycles. The van der Waals surface area contributed by atoms with E-state index in [1.54, 1.807) is 18.2 Å². The Morgan fingerprint density at radius 2 is 1.74 bits per heavy atom.